The van der Waals surface area contributed by atoms with E-state index in [9.17, 15) is 18.0 Å². The lowest BCUT2D eigenvalue weighted by atomic mass is 10.2. The number of alkyl halides is 3. The monoisotopic (exact) mass is 316 g/mol. The summed E-state index contributed by atoms with van der Waals surface area (Å²) >= 11 is 0. The second kappa shape index (κ2) is 7.15. The van der Waals surface area contributed by atoms with E-state index >= 15 is 0 Å². The Hall–Kier alpha value is -2.25. The lowest BCUT2D eigenvalue weighted by molar-refractivity contribution is -0.137. The van der Waals surface area contributed by atoms with Crippen LogP contribution in [0.15, 0.2) is 30.2 Å². The van der Waals surface area contributed by atoms with Gasteiger partial charge in [0.1, 0.15) is 6.61 Å². The molecule has 0 unspecified atom stereocenters. The quantitative estimate of drug-likeness (QED) is 0.847. The molecule has 0 spiro atoms. The van der Waals surface area contributed by atoms with Crippen LogP contribution >= 0.6 is 0 Å². The Morgan fingerprint density at radius 3 is 2.82 bits per heavy atom. The summed E-state index contributed by atoms with van der Waals surface area (Å²) in [5.41, 5.74) is -0.838. The van der Waals surface area contributed by atoms with Gasteiger partial charge in [-0.1, -0.05) is 0 Å². The van der Waals surface area contributed by atoms with E-state index < -0.39 is 11.7 Å². The minimum Gasteiger partial charge on any atom is -0.488 e. The zero-order chi connectivity index (χ0) is 16.0. The van der Waals surface area contributed by atoms with Crippen molar-refractivity contribution in [2.75, 3.05) is 19.8 Å². The van der Waals surface area contributed by atoms with Crippen LogP contribution in [0.25, 0.3) is 0 Å². The molecule has 2 rings (SSSR count). The van der Waals surface area contributed by atoms with Gasteiger partial charge in [-0.25, -0.2) is 4.98 Å². The first-order valence-electron chi connectivity index (χ1n) is 6.74. The predicted molar refractivity (Wildman–Crippen MR) is 71.0 cm³/mol. The average Bonchev–Trinajstić information content (AvgIpc) is 2.52. The van der Waals surface area contributed by atoms with Gasteiger partial charge < -0.3 is 14.8 Å². The van der Waals surface area contributed by atoms with Gasteiger partial charge in [0.05, 0.1) is 18.7 Å². The van der Waals surface area contributed by atoms with Crippen molar-refractivity contribution in [2.24, 2.45) is 0 Å². The maximum Gasteiger partial charge on any atom is 0.417 e. The molecule has 1 aromatic heterocycles. The van der Waals surface area contributed by atoms with E-state index in [1.54, 1.807) is 6.08 Å². The SMILES string of the molecule is O=C(NCCOc1ccc(C(F)(F)F)cn1)C1=CCCCO1. The number of amides is 1. The Morgan fingerprint density at radius 1 is 1.41 bits per heavy atom. The third-order valence-corrected chi connectivity index (χ3v) is 2.86. The maximum absolute atomic E-state index is 12.3. The molecule has 2 heterocycles. The molecule has 1 N–H and O–H groups in total. The van der Waals surface area contributed by atoms with Crippen molar-refractivity contribution in [3.63, 3.8) is 0 Å². The minimum absolute atomic E-state index is 0.0652. The largest absolute Gasteiger partial charge is 0.488 e. The number of nitrogens with one attached hydrogen (secondary N) is 1. The van der Waals surface area contributed by atoms with Crippen LogP contribution in [-0.2, 0) is 15.7 Å². The third-order valence-electron chi connectivity index (χ3n) is 2.86. The molecule has 0 bridgehead atoms. The molecule has 22 heavy (non-hydrogen) atoms. The second-order valence-corrected chi connectivity index (χ2v) is 4.55. The Morgan fingerprint density at radius 2 is 2.23 bits per heavy atom. The Bertz CT molecular complexity index is 541. The Balaban J connectivity index is 1.72. The summed E-state index contributed by atoms with van der Waals surface area (Å²) in [7, 11) is 0. The van der Waals surface area contributed by atoms with Crippen molar-refractivity contribution < 1.29 is 27.4 Å². The van der Waals surface area contributed by atoms with Crippen molar-refractivity contribution in [1.29, 1.82) is 0 Å². The van der Waals surface area contributed by atoms with Crippen LogP contribution in [0.1, 0.15) is 18.4 Å². The molecule has 1 aliphatic rings. The highest BCUT2D eigenvalue weighted by Gasteiger charge is 2.30. The molecule has 0 aliphatic carbocycles. The van der Waals surface area contributed by atoms with E-state index in [1.165, 1.54) is 0 Å². The molecule has 120 valence electrons. The summed E-state index contributed by atoms with van der Waals surface area (Å²) in [6, 6.07) is 2.03. The van der Waals surface area contributed by atoms with Crippen molar-refractivity contribution in [2.45, 2.75) is 19.0 Å². The summed E-state index contributed by atoms with van der Waals surface area (Å²) in [5.74, 6) is 0.0259. The summed E-state index contributed by atoms with van der Waals surface area (Å²) < 4.78 is 47.4. The van der Waals surface area contributed by atoms with Crippen LogP contribution in [0.4, 0.5) is 13.2 Å². The number of pyridine rings is 1. The van der Waals surface area contributed by atoms with Crippen LogP contribution in [-0.4, -0.2) is 30.6 Å². The van der Waals surface area contributed by atoms with E-state index in [4.69, 9.17) is 9.47 Å². The summed E-state index contributed by atoms with van der Waals surface area (Å²) in [6.07, 6.45) is -0.312. The molecular formula is C14H15F3N2O3. The number of nitrogens with zero attached hydrogens (tertiary/aromatic N) is 1. The molecule has 1 amide bonds. The highest BCUT2D eigenvalue weighted by molar-refractivity contribution is 5.91. The number of aromatic nitrogens is 1. The first kappa shape index (κ1) is 16.1. The maximum atomic E-state index is 12.3. The first-order chi connectivity index (χ1) is 10.5. The lowest BCUT2D eigenvalue weighted by Crippen LogP contribution is -2.31. The molecular weight excluding hydrogens is 301 g/mol. The highest BCUT2D eigenvalue weighted by Crippen LogP contribution is 2.29. The number of carbonyl (C=O) groups is 1. The normalized spacial score (nSPS) is 14.8. The predicted octanol–water partition coefficient (Wildman–Crippen LogP) is 2.29. The topological polar surface area (TPSA) is 60.5 Å². The molecule has 0 fully saturated rings. The minimum atomic E-state index is -4.42. The van der Waals surface area contributed by atoms with Gasteiger partial charge in [-0.2, -0.15) is 13.2 Å². The zero-order valence-electron chi connectivity index (χ0n) is 11.7. The molecule has 8 heteroatoms. The third kappa shape index (κ3) is 4.64. The van der Waals surface area contributed by atoms with Gasteiger partial charge in [0.15, 0.2) is 5.76 Å². The number of allylic oxidation sites excluding steroid dienone is 1. The number of rotatable bonds is 5. The molecule has 1 aliphatic heterocycles. The number of halogens is 3. The van der Waals surface area contributed by atoms with Crippen molar-refractivity contribution in [3.8, 4) is 5.88 Å². The van der Waals surface area contributed by atoms with Gasteiger partial charge in [-0.05, 0) is 25.0 Å². The summed E-state index contributed by atoms with van der Waals surface area (Å²) in [5, 5.41) is 2.59. The van der Waals surface area contributed by atoms with Gasteiger partial charge >= 0.3 is 6.18 Å². The molecule has 1 aromatic rings. The van der Waals surface area contributed by atoms with Gasteiger partial charge in [0.2, 0.25) is 5.88 Å². The van der Waals surface area contributed by atoms with Gasteiger partial charge in [-0.3, -0.25) is 4.79 Å². The highest BCUT2D eigenvalue weighted by atomic mass is 19.4. The lowest BCUT2D eigenvalue weighted by Gasteiger charge is -2.14. The fourth-order valence-corrected chi connectivity index (χ4v) is 1.76. The molecule has 0 saturated carbocycles. The van der Waals surface area contributed by atoms with Crippen molar-refractivity contribution >= 4 is 5.91 Å². The fourth-order valence-electron chi connectivity index (χ4n) is 1.76. The molecule has 0 atom stereocenters. The molecule has 0 radical (unpaired) electrons. The van der Waals surface area contributed by atoms with E-state index in [0.717, 1.165) is 25.0 Å². The zero-order valence-corrected chi connectivity index (χ0v) is 11.7. The first-order valence-corrected chi connectivity index (χ1v) is 6.74. The summed E-state index contributed by atoms with van der Waals surface area (Å²) in [4.78, 5) is 15.2. The number of hydrogen-bond acceptors (Lipinski definition) is 4. The molecule has 0 aromatic carbocycles. The smallest absolute Gasteiger partial charge is 0.417 e. The second-order valence-electron chi connectivity index (χ2n) is 4.55. The van der Waals surface area contributed by atoms with E-state index in [0.29, 0.717) is 18.6 Å². The van der Waals surface area contributed by atoms with Crippen LogP contribution in [0.2, 0.25) is 0 Å². The van der Waals surface area contributed by atoms with E-state index in [1.807, 2.05) is 0 Å². The van der Waals surface area contributed by atoms with Gasteiger partial charge in [0, 0.05) is 12.3 Å². The summed E-state index contributed by atoms with van der Waals surface area (Å²) in [6.45, 7) is 0.810. The molecule has 0 saturated heterocycles. The van der Waals surface area contributed by atoms with Crippen LogP contribution < -0.4 is 10.1 Å². The van der Waals surface area contributed by atoms with Gasteiger partial charge in [-0.15, -0.1) is 0 Å². The Labute approximate surface area is 125 Å². The standard InChI is InChI=1S/C14H15F3N2O3/c15-14(16,17)10-4-5-12(19-9-10)22-8-6-18-13(20)11-3-1-2-7-21-11/h3-5,9H,1-2,6-8H2,(H,18,20). The van der Waals surface area contributed by atoms with Gasteiger partial charge in [0.25, 0.3) is 5.91 Å². The number of ether oxygens (including phenoxy) is 2. The van der Waals surface area contributed by atoms with Crippen LogP contribution in [0.3, 0.4) is 0 Å². The number of hydrogen-bond donors (Lipinski definition) is 1. The van der Waals surface area contributed by atoms with Crippen molar-refractivity contribution in [1.82, 2.24) is 10.3 Å². The van der Waals surface area contributed by atoms with E-state index in [-0.39, 0.29) is 24.9 Å². The average molecular weight is 316 g/mol. The van der Waals surface area contributed by atoms with Crippen molar-refractivity contribution in [3.05, 3.63) is 35.7 Å². The molecule has 5 nitrogen and oxygen atoms in total. The van der Waals surface area contributed by atoms with E-state index in [2.05, 4.69) is 10.3 Å². The fraction of sp³-hybridized carbons (Fsp3) is 0.429. The number of carbonyl (C=O) groups excluding carboxylic acids is 1. The van der Waals surface area contributed by atoms with Crippen LogP contribution in [0.5, 0.6) is 5.88 Å². The van der Waals surface area contributed by atoms with Crippen LogP contribution in [0, 0.1) is 0 Å². The Kier molecular flexibility index (Phi) is 5.24.